The van der Waals surface area contributed by atoms with Crippen LogP contribution in [0.1, 0.15) is 0 Å². The second-order valence-electron chi connectivity index (χ2n) is 4.65. The van der Waals surface area contributed by atoms with E-state index in [0.717, 1.165) is 39.4 Å². The van der Waals surface area contributed by atoms with Crippen molar-refractivity contribution in [1.29, 1.82) is 0 Å². The van der Waals surface area contributed by atoms with Crippen LogP contribution < -0.4 is 5.32 Å². The third-order valence-corrected chi connectivity index (χ3v) is 4.29. The largest absolute Gasteiger partial charge is 0.383 e. The van der Waals surface area contributed by atoms with Crippen LogP contribution in [0.5, 0.6) is 0 Å². The van der Waals surface area contributed by atoms with Gasteiger partial charge in [0.15, 0.2) is 9.84 Å². The van der Waals surface area contributed by atoms with Gasteiger partial charge >= 0.3 is 0 Å². The Labute approximate surface area is 114 Å². The minimum Gasteiger partial charge on any atom is -0.383 e. The van der Waals surface area contributed by atoms with Crippen molar-refractivity contribution in [3.8, 4) is 0 Å². The summed E-state index contributed by atoms with van der Waals surface area (Å²) in [4.78, 5) is 2.66. The van der Waals surface area contributed by atoms with Crippen LogP contribution in [0, 0.1) is 0 Å². The van der Waals surface area contributed by atoms with Gasteiger partial charge in [0, 0.05) is 32.4 Å². The van der Waals surface area contributed by atoms with Crippen LogP contribution >= 0.6 is 0 Å². The molecule has 1 aliphatic rings. The fourth-order valence-corrected chi connectivity index (χ4v) is 2.97. The van der Waals surface area contributed by atoms with Crippen molar-refractivity contribution in [2.24, 2.45) is 0 Å². The summed E-state index contributed by atoms with van der Waals surface area (Å²) in [6, 6.07) is 7.01. The number of rotatable bonds is 5. The summed E-state index contributed by atoms with van der Waals surface area (Å²) in [5.74, 6) is 0. The lowest BCUT2D eigenvalue weighted by Crippen LogP contribution is -2.39. The van der Waals surface area contributed by atoms with Crippen LogP contribution in [0.25, 0.3) is 0 Å². The van der Waals surface area contributed by atoms with Crippen molar-refractivity contribution in [2.45, 2.75) is 4.90 Å². The van der Waals surface area contributed by atoms with Crippen LogP contribution in [0.15, 0.2) is 29.2 Å². The van der Waals surface area contributed by atoms with Gasteiger partial charge in [0.25, 0.3) is 0 Å². The normalized spacial score (nSPS) is 17.3. The second-order valence-corrected chi connectivity index (χ2v) is 6.63. The highest BCUT2D eigenvalue weighted by Crippen LogP contribution is 2.20. The predicted molar refractivity (Wildman–Crippen MR) is 75.3 cm³/mol. The standard InChI is InChI=1S/C13H20N2O3S/c1-19(16,17)13-5-3-2-4-12(13)14-6-7-15-8-10-18-11-9-15/h2-5,14H,6-11H2,1H3. The number of morpholine rings is 1. The van der Waals surface area contributed by atoms with Gasteiger partial charge in [0.05, 0.1) is 23.8 Å². The zero-order valence-electron chi connectivity index (χ0n) is 11.1. The van der Waals surface area contributed by atoms with E-state index in [1.54, 1.807) is 18.2 Å². The molecule has 0 saturated carbocycles. The molecular formula is C13H20N2O3S. The third-order valence-electron chi connectivity index (χ3n) is 3.13. The summed E-state index contributed by atoms with van der Waals surface area (Å²) in [7, 11) is -3.18. The van der Waals surface area contributed by atoms with E-state index in [-0.39, 0.29) is 0 Å². The number of hydrogen-bond donors (Lipinski definition) is 1. The number of anilines is 1. The Balaban J connectivity index is 1.92. The average molecular weight is 284 g/mol. The van der Waals surface area contributed by atoms with Gasteiger partial charge in [0.1, 0.15) is 0 Å². The lowest BCUT2D eigenvalue weighted by molar-refractivity contribution is 0.0398. The number of benzene rings is 1. The van der Waals surface area contributed by atoms with Crippen molar-refractivity contribution in [3.05, 3.63) is 24.3 Å². The molecule has 1 fully saturated rings. The lowest BCUT2D eigenvalue weighted by atomic mass is 10.3. The molecule has 0 atom stereocenters. The Kier molecular flexibility index (Phi) is 4.79. The summed E-state index contributed by atoms with van der Waals surface area (Å²) in [5, 5.41) is 3.21. The summed E-state index contributed by atoms with van der Waals surface area (Å²) in [5.41, 5.74) is 0.679. The molecule has 5 nitrogen and oxygen atoms in total. The molecule has 1 heterocycles. The number of nitrogens with one attached hydrogen (secondary N) is 1. The van der Waals surface area contributed by atoms with Gasteiger partial charge in [-0.2, -0.15) is 0 Å². The fraction of sp³-hybridized carbons (Fsp3) is 0.538. The zero-order valence-corrected chi connectivity index (χ0v) is 11.9. The van der Waals surface area contributed by atoms with Crippen molar-refractivity contribution in [2.75, 3.05) is 51.0 Å². The first-order chi connectivity index (χ1) is 9.07. The number of ether oxygens (including phenoxy) is 1. The molecule has 0 aromatic heterocycles. The van der Waals surface area contributed by atoms with E-state index in [0.29, 0.717) is 10.6 Å². The van der Waals surface area contributed by atoms with Gasteiger partial charge in [-0.1, -0.05) is 12.1 Å². The molecule has 0 amide bonds. The van der Waals surface area contributed by atoms with E-state index in [1.807, 2.05) is 6.07 Å². The third kappa shape index (κ3) is 4.19. The van der Waals surface area contributed by atoms with E-state index in [1.165, 1.54) is 6.26 Å². The quantitative estimate of drug-likeness (QED) is 0.868. The smallest absolute Gasteiger partial charge is 0.177 e. The monoisotopic (exact) mass is 284 g/mol. The molecule has 2 rings (SSSR count). The van der Waals surface area contributed by atoms with Gasteiger partial charge in [-0.25, -0.2) is 8.42 Å². The molecule has 0 bridgehead atoms. The minimum absolute atomic E-state index is 0.358. The first kappa shape index (κ1) is 14.3. The molecule has 1 aromatic carbocycles. The number of sulfone groups is 1. The van der Waals surface area contributed by atoms with E-state index in [9.17, 15) is 8.42 Å². The molecule has 106 valence electrons. The van der Waals surface area contributed by atoms with Gasteiger partial charge in [-0.15, -0.1) is 0 Å². The average Bonchev–Trinajstić information content (AvgIpc) is 2.39. The fourth-order valence-electron chi connectivity index (χ4n) is 2.11. The van der Waals surface area contributed by atoms with Crippen molar-refractivity contribution >= 4 is 15.5 Å². The Morgan fingerprint density at radius 1 is 1.26 bits per heavy atom. The first-order valence-corrected chi connectivity index (χ1v) is 8.29. The molecule has 1 N–H and O–H groups in total. The SMILES string of the molecule is CS(=O)(=O)c1ccccc1NCCN1CCOCC1. The Morgan fingerprint density at radius 2 is 1.95 bits per heavy atom. The van der Waals surface area contributed by atoms with E-state index in [2.05, 4.69) is 10.2 Å². The molecule has 0 radical (unpaired) electrons. The molecule has 0 unspecified atom stereocenters. The highest BCUT2D eigenvalue weighted by molar-refractivity contribution is 7.90. The molecule has 1 saturated heterocycles. The summed E-state index contributed by atoms with van der Waals surface area (Å²) in [6.07, 6.45) is 1.23. The number of para-hydroxylation sites is 1. The molecular weight excluding hydrogens is 264 g/mol. The van der Waals surface area contributed by atoms with Gasteiger partial charge in [-0.05, 0) is 12.1 Å². The highest BCUT2D eigenvalue weighted by Gasteiger charge is 2.13. The highest BCUT2D eigenvalue weighted by atomic mass is 32.2. The first-order valence-electron chi connectivity index (χ1n) is 6.40. The van der Waals surface area contributed by atoms with Crippen LogP contribution in [-0.4, -0.2) is 59.0 Å². The van der Waals surface area contributed by atoms with Gasteiger partial charge in [-0.3, -0.25) is 4.90 Å². The number of nitrogens with zero attached hydrogens (tertiary/aromatic N) is 1. The maximum atomic E-state index is 11.7. The summed E-state index contributed by atoms with van der Waals surface area (Å²) in [6.45, 7) is 5.05. The topological polar surface area (TPSA) is 58.6 Å². The Hall–Kier alpha value is -1.11. The molecule has 0 aliphatic carbocycles. The predicted octanol–water partition coefficient (Wildman–Crippen LogP) is 0.834. The second kappa shape index (κ2) is 6.36. The van der Waals surface area contributed by atoms with E-state index >= 15 is 0 Å². The van der Waals surface area contributed by atoms with Gasteiger partial charge < -0.3 is 10.1 Å². The maximum Gasteiger partial charge on any atom is 0.177 e. The summed E-state index contributed by atoms with van der Waals surface area (Å²) >= 11 is 0. The molecule has 1 aliphatic heterocycles. The molecule has 0 spiro atoms. The van der Waals surface area contributed by atoms with Crippen molar-refractivity contribution in [1.82, 2.24) is 4.90 Å². The summed E-state index contributed by atoms with van der Waals surface area (Å²) < 4.78 is 28.6. The molecule has 1 aromatic rings. The van der Waals surface area contributed by atoms with Crippen molar-refractivity contribution in [3.63, 3.8) is 0 Å². The minimum atomic E-state index is -3.18. The van der Waals surface area contributed by atoms with E-state index in [4.69, 9.17) is 4.74 Å². The zero-order chi connectivity index (χ0) is 13.7. The van der Waals surface area contributed by atoms with Crippen LogP contribution in [-0.2, 0) is 14.6 Å². The lowest BCUT2D eigenvalue weighted by Gasteiger charge is -2.26. The maximum absolute atomic E-state index is 11.7. The number of hydrogen-bond acceptors (Lipinski definition) is 5. The Bertz CT molecular complexity index is 510. The van der Waals surface area contributed by atoms with Crippen LogP contribution in [0.2, 0.25) is 0 Å². The van der Waals surface area contributed by atoms with Crippen LogP contribution in [0.3, 0.4) is 0 Å². The van der Waals surface area contributed by atoms with Crippen LogP contribution in [0.4, 0.5) is 5.69 Å². The van der Waals surface area contributed by atoms with Gasteiger partial charge in [0.2, 0.25) is 0 Å². The van der Waals surface area contributed by atoms with E-state index < -0.39 is 9.84 Å². The van der Waals surface area contributed by atoms with Crippen molar-refractivity contribution < 1.29 is 13.2 Å². The molecule has 6 heteroatoms. The Morgan fingerprint density at radius 3 is 2.63 bits per heavy atom. The molecule has 19 heavy (non-hydrogen) atoms.